The van der Waals surface area contributed by atoms with Crippen molar-refractivity contribution in [3.63, 3.8) is 0 Å². The second-order valence-corrected chi connectivity index (χ2v) is 8.39. The van der Waals surface area contributed by atoms with E-state index in [1.165, 1.54) is 11.3 Å². The summed E-state index contributed by atoms with van der Waals surface area (Å²) in [4.78, 5) is 29.4. The fourth-order valence-corrected chi connectivity index (χ4v) is 3.83. The lowest BCUT2D eigenvalue weighted by Crippen LogP contribution is -2.33. The molecule has 3 rings (SSSR count). The summed E-state index contributed by atoms with van der Waals surface area (Å²) in [7, 11) is 0. The first kappa shape index (κ1) is 18.4. The minimum atomic E-state index is -1.12. The number of hydrogen-bond donors (Lipinski definition) is 2. The monoisotopic (exact) mass is 374 g/mol. The van der Waals surface area contributed by atoms with Gasteiger partial charge in [-0.15, -0.1) is 11.3 Å². The highest BCUT2D eigenvalue weighted by molar-refractivity contribution is 7.14. The molecule has 6 nitrogen and oxygen atoms in total. The number of hydrogen-bond acceptors (Lipinski definition) is 5. The van der Waals surface area contributed by atoms with Gasteiger partial charge in [-0.1, -0.05) is 26.8 Å². The number of aryl methyl sites for hydroxylation is 1. The SMILES string of the molecule is Cc1nc(C(C)(C)C)sc1C(=O)NC(C(=O)O)c1ccc2c(c1)CCO2. The number of benzene rings is 1. The van der Waals surface area contributed by atoms with Gasteiger partial charge in [0.1, 0.15) is 10.6 Å². The molecule has 1 aliphatic rings. The van der Waals surface area contributed by atoms with Crippen molar-refractivity contribution < 1.29 is 19.4 Å². The fourth-order valence-electron chi connectivity index (χ4n) is 2.80. The van der Waals surface area contributed by atoms with Gasteiger partial charge in [0.2, 0.25) is 0 Å². The molecular weight excluding hydrogens is 352 g/mol. The number of carbonyl (C=O) groups excluding carboxylic acids is 1. The van der Waals surface area contributed by atoms with Crippen molar-refractivity contribution >= 4 is 23.2 Å². The number of carboxylic acid groups (broad SMARTS) is 1. The molecule has 0 saturated carbocycles. The van der Waals surface area contributed by atoms with Crippen LogP contribution in [0.25, 0.3) is 0 Å². The van der Waals surface area contributed by atoms with Crippen LogP contribution in [-0.2, 0) is 16.6 Å². The van der Waals surface area contributed by atoms with E-state index in [0.29, 0.717) is 22.7 Å². The van der Waals surface area contributed by atoms with Crippen molar-refractivity contribution in [2.24, 2.45) is 0 Å². The summed E-state index contributed by atoms with van der Waals surface area (Å²) >= 11 is 1.31. The number of nitrogens with one attached hydrogen (secondary N) is 1. The summed E-state index contributed by atoms with van der Waals surface area (Å²) in [6.07, 6.45) is 0.742. The smallest absolute Gasteiger partial charge is 0.330 e. The molecule has 2 N–H and O–H groups in total. The molecule has 0 fully saturated rings. The Morgan fingerprint density at radius 1 is 1.35 bits per heavy atom. The third-order valence-electron chi connectivity index (χ3n) is 4.21. The van der Waals surface area contributed by atoms with Crippen LogP contribution in [0.5, 0.6) is 5.75 Å². The van der Waals surface area contributed by atoms with E-state index in [9.17, 15) is 14.7 Å². The van der Waals surface area contributed by atoms with Crippen LogP contribution in [0.3, 0.4) is 0 Å². The number of fused-ring (bicyclic) bond motifs is 1. The number of aromatic nitrogens is 1. The Bertz CT molecular complexity index is 867. The van der Waals surface area contributed by atoms with Crippen molar-refractivity contribution in [3.8, 4) is 5.75 Å². The summed E-state index contributed by atoms with van der Waals surface area (Å²) in [5.41, 5.74) is 1.95. The van der Waals surface area contributed by atoms with E-state index in [-0.39, 0.29) is 5.41 Å². The molecule has 1 amide bonds. The molecule has 0 bridgehead atoms. The normalized spacial score (nSPS) is 14.5. The van der Waals surface area contributed by atoms with Gasteiger partial charge in [0.05, 0.1) is 17.3 Å². The van der Waals surface area contributed by atoms with Crippen LogP contribution in [-0.4, -0.2) is 28.6 Å². The van der Waals surface area contributed by atoms with Crippen LogP contribution in [0.15, 0.2) is 18.2 Å². The Kier molecular flexibility index (Phi) is 4.75. The maximum absolute atomic E-state index is 12.7. The van der Waals surface area contributed by atoms with Crippen LogP contribution in [0, 0.1) is 6.92 Å². The van der Waals surface area contributed by atoms with Gasteiger partial charge in [-0.2, -0.15) is 0 Å². The maximum atomic E-state index is 12.7. The highest BCUT2D eigenvalue weighted by atomic mass is 32.1. The van der Waals surface area contributed by atoms with Gasteiger partial charge in [-0.25, -0.2) is 9.78 Å². The van der Waals surface area contributed by atoms with Gasteiger partial charge in [0.25, 0.3) is 5.91 Å². The van der Waals surface area contributed by atoms with Gasteiger partial charge in [-0.05, 0) is 30.2 Å². The van der Waals surface area contributed by atoms with E-state index in [2.05, 4.69) is 10.3 Å². The topological polar surface area (TPSA) is 88.5 Å². The molecule has 0 saturated heterocycles. The highest BCUT2D eigenvalue weighted by Gasteiger charge is 2.28. The molecule has 1 unspecified atom stereocenters. The Morgan fingerprint density at radius 3 is 2.69 bits per heavy atom. The summed E-state index contributed by atoms with van der Waals surface area (Å²) < 4.78 is 5.45. The second-order valence-electron chi connectivity index (χ2n) is 7.39. The third-order valence-corrected chi connectivity index (χ3v) is 5.80. The van der Waals surface area contributed by atoms with Crippen LogP contribution >= 0.6 is 11.3 Å². The zero-order valence-electron chi connectivity index (χ0n) is 15.3. The molecule has 2 aromatic rings. The van der Waals surface area contributed by atoms with Gasteiger partial charge < -0.3 is 15.2 Å². The molecule has 0 spiro atoms. The zero-order chi connectivity index (χ0) is 19.1. The molecule has 0 aliphatic carbocycles. The number of nitrogens with zero attached hydrogens (tertiary/aromatic N) is 1. The van der Waals surface area contributed by atoms with Gasteiger partial charge in [-0.3, -0.25) is 4.79 Å². The van der Waals surface area contributed by atoms with E-state index in [1.807, 2.05) is 20.8 Å². The number of rotatable bonds is 4. The summed E-state index contributed by atoms with van der Waals surface area (Å²) in [6.45, 7) is 8.45. The molecule has 0 radical (unpaired) electrons. The second kappa shape index (κ2) is 6.72. The summed E-state index contributed by atoms with van der Waals surface area (Å²) in [5.74, 6) is -0.743. The van der Waals surface area contributed by atoms with Crippen LogP contribution < -0.4 is 10.1 Å². The number of ether oxygens (including phenoxy) is 1. The van der Waals surface area contributed by atoms with Crippen molar-refractivity contribution in [1.82, 2.24) is 10.3 Å². The number of amides is 1. The molecule has 1 aliphatic heterocycles. The molecule has 138 valence electrons. The zero-order valence-corrected chi connectivity index (χ0v) is 16.1. The molecule has 26 heavy (non-hydrogen) atoms. The average Bonchev–Trinajstić information content (AvgIpc) is 3.17. The van der Waals surface area contributed by atoms with E-state index >= 15 is 0 Å². The van der Waals surface area contributed by atoms with E-state index in [1.54, 1.807) is 25.1 Å². The van der Waals surface area contributed by atoms with Crippen molar-refractivity contribution in [2.45, 2.75) is 45.6 Å². The Balaban J connectivity index is 1.86. The van der Waals surface area contributed by atoms with Crippen molar-refractivity contribution in [1.29, 1.82) is 0 Å². The lowest BCUT2D eigenvalue weighted by atomic mass is 9.98. The fraction of sp³-hybridized carbons (Fsp3) is 0.421. The molecule has 2 heterocycles. The number of thiazole rings is 1. The first-order chi connectivity index (χ1) is 12.2. The molecule has 1 aromatic heterocycles. The number of aliphatic carboxylic acids is 1. The first-order valence-electron chi connectivity index (χ1n) is 8.44. The third kappa shape index (κ3) is 3.58. The molecule has 1 atom stereocenters. The van der Waals surface area contributed by atoms with Crippen LogP contribution in [0.4, 0.5) is 0 Å². The number of carboxylic acids is 1. The summed E-state index contributed by atoms with van der Waals surface area (Å²) in [6, 6.07) is 4.12. The maximum Gasteiger partial charge on any atom is 0.330 e. The van der Waals surface area contributed by atoms with E-state index in [0.717, 1.165) is 22.7 Å². The van der Waals surface area contributed by atoms with Crippen LogP contribution in [0.1, 0.15) is 58.3 Å². The van der Waals surface area contributed by atoms with Gasteiger partial charge in [0.15, 0.2) is 6.04 Å². The summed E-state index contributed by atoms with van der Waals surface area (Å²) in [5, 5.41) is 13.1. The van der Waals surface area contributed by atoms with E-state index in [4.69, 9.17) is 4.74 Å². The number of carbonyl (C=O) groups is 2. The first-order valence-corrected chi connectivity index (χ1v) is 9.25. The highest BCUT2D eigenvalue weighted by Crippen LogP contribution is 2.31. The van der Waals surface area contributed by atoms with Gasteiger partial charge >= 0.3 is 5.97 Å². The lowest BCUT2D eigenvalue weighted by molar-refractivity contribution is -0.139. The Labute approximate surface area is 156 Å². The molecule has 1 aromatic carbocycles. The van der Waals surface area contributed by atoms with Crippen molar-refractivity contribution in [3.05, 3.63) is 44.9 Å². The lowest BCUT2D eigenvalue weighted by Gasteiger charge is -2.15. The van der Waals surface area contributed by atoms with E-state index < -0.39 is 17.9 Å². The van der Waals surface area contributed by atoms with Crippen molar-refractivity contribution in [2.75, 3.05) is 6.61 Å². The van der Waals surface area contributed by atoms with Crippen LogP contribution in [0.2, 0.25) is 0 Å². The molecule has 7 heteroatoms. The Hall–Kier alpha value is -2.41. The van der Waals surface area contributed by atoms with Gasteiger partial charge in [0, 0.05) is 11.8 Å². The quantitative estimate of drug-likeness (QED) is 0.858. The predicted octanol–water partition coefficient (Wildman–Crippen LogP) is 3.24. The molecular formula is C19H22N2O4S. The standard InChI is InChI=1S/C19H22N2O4S/c1-10-15(26-18(20-10)19(2,3)4)16(22)21-14(17(23)24)12-5-6-13-11(9-12)7-8-25-13/h5-6,9,14H,7-8H2,1-4H3,(H,21,22)(H,23,24). The Morgan fingerprint density at radius 2 is 2.08 bits per heavy atom. The largest absolute Gasteiger partial charge is 0.493 e. The minimum absolute atomic E-state index is 0.167. The minimum Gasteiger partial charge on any atom is -0.493 e. The average molecular weight is 374 g/mol. The predicted molar refractivity (Wildman–Crippen MR) is 99.0 cm³/mol.